The highest BCUT2D eigenvalue weighted by molar-refractivity contribution is 7.10. The number of aromatic nitrogens is 1. The number of carbonyl (C=O) groups is 1. The van der Waals surface area contributed by atoms with Gasteiger partial charge in [0, 0.05) is 23.0 Å². The van der Waals surface area contributed by atoms with Crippen LogP contribution in [0.25, 0.3) is 0 Å². The normalized spacial score (nSPS) is 11.9. The minimum atomic E-state index is -0.0664. The van der Waals surface area contributed by atoms with Gasteiger partial charge in [-0.3, -0.25) is 4.79 Å². The molecule has 2 heterocycles. The molecule has 0 fully saturated rings. The van der Waals surface area contributed by atoms with Crippen molar-refractivity contribution in [2.24, 2.45) is 0 Å². The topological polar surface area (TPSA) is 43.3 Å². The monoisotopic (exact) mass is 360 g/mol. The number of nitrogens with zero attached hydrogens (tertiary/aromatic N) is 1. The van der Waals surface area contributed by atoms with Gasteiger partial charge in [-0.15, -0.1) is 11.3 Å². The molecule has 0 bridgehead atoms. The molecule has 3 aromatic rings. The van der Waals surface area contributed by atoms with Gasteiger partial charge in [0.2, 0.25) is 5.91 Å². The van der Waals surface area contributed by atoms with Crippen LogP contribution in [0.4, 0.5) is 5.69 Å². The van der Waals surface area contributed by atoms with Crippen molar-refractivity contribution >= 4 is 34.5 Å². The van der Waals surface area contributed by atoms with Crippen LogP contribution in [0.5, 0.6) is 5.75 Å². The lowest BCUT2D eigenvalue weighted by Crippen LogP contribution is -2.19. The summed E-state index contributed by atoms with van der Waals surface area (Å²) in [5.41, 5.74) is 0.656. The van der Waals surface area contributed by atoms with Gasteiger partial charge < -0.3 is 14.6 Å². The summed E-state index contributed by atoms with van der Waals surface area (Å²) in [5.74, 6) is 0.516. The summed E-state index contributed by atoms with van der Waals surface area (Å²) >= 11 is 7.75. The molecule has 6 heteroatoms. The molecule has 1 aromatic carbocycles. The van der Waals surface area contributed by atoms with E-state index < -0.39 is 0 Å². The number of anilines is 1. The Labute approximate surface area is 149 Å². The molecule has 0 saturated carbocycles. The molecule has 124 valence electrons. The number of halogens is 1. The Morgan fingerprint density at radius 1 is 1.29 bits per heavy atom. The largest absolute Gasteiger partial charge is 0.495 e. The van der Waals surface area contributed by atoms with E-state index in [-0.39, 0.29) is 11.9 Å². The van der Waals surface area contributed by atoms with Crippen LogP contribution in [-0.4, -0.2) is 17.6 Å². The van der Waals surface area contributed by atoms with Crippen molar-refractivity contribution in [2.75, 3.05) is 12.4 Å². The molecule has 0 aliphatic rings. The predicted molar refractivity (Wildman–Crippen MR) is 98.1 cm³/mol. The van der Waals surface area contributed by atoms with Crippen LogP contribution in [0.2, 0.25) is 5.02 Å². The minimum Gasteiger partial charge on any atom is -0.495 e. The van der Waals surface area contributed by atoms with Gasteiger partial charge in [0.25, 0.3) is 0 Å². The smallest absolute Gasteiger partial charge is 0.226 e. The molecule has 24 heavy (non-hydrogen) atoms. The van der Waals surface area contributed by atoms with Crippen LogP contribution >= 0.6 is 22.9 Å². The zero-order valence-electron chi connectivity index (χ0n) is 13.1. The maximum atomic E-state index is 12.5. The summed E-state index contributed by atoms with van der Waals surface area (Å²) in [6, 6.07) is 13.1. The third-order valence-corrected chi connectivity index (χ3v) is 4.94. The molecule has 1 amide bonds. The molecule has 2 aromatic heterocycles. The van der Waals surface area contributed by atoms with Crippen molar-refractivity contribution in [1.82, 2.24) is 4.57 Å². The Hall–Kier alpha value is -2.24. The number of nitrogens with one attached hydrogen (secondary N) is 1. The molecule has 0 spiro atoms. The van der Waals surface area contributed by atoms with E-state index in [4.69, 9.17) is 16.3 Å². The first kappa shape index (κ1) is 16.6. The first-order chi connectivity index (χ1) is 11.7. The van der Waals surface area contributed by atoms with Gasteiger partial charge in [-0.2, -0.15) is 0 Å². The molecule has 4 nitrogen and oxygen atoms in total. The second kappa shape index (κ2) is 7.55. The van der Waals surface area contributed by atoms with E-state index in [0.717, 1.165) is 4.88 Å². The molecule has 0 aliphatic heterocycles. The molecule has 1 N–H and O–H groups in total. The average molecular weight is 361 g/mol. The molecule has 0 radical (unpaired) electrons. The SMILES string of the molecule is COc1ccc(NC(=O)C[C@H](c2cccs2)n2cccc2)cc1Cl. The van der Waals surface area contributed by atoms with E-state index in [1.54, 1.807) is 36.6 Å². The number of methoxy groups -OCH3 is 1. The maximum absolute atomic E-state index is 12.5. The lowest BCUT2D eigenvalue weighted by Gasteiger charge is -2.17. The number of benzene rings is 1. The summed E-state index contributed by atoms with van der Waals surface area (Å²) in [7, 11) is 1.56. The molecule has 0 saturated heterocycles. The van der Waals surface area contributed by atoms with Crippen molar-refractivity contribution in [3.8, 4) is 5.75 Å². The van der Waals surface area contributed by atoms with Gasteiger partial charge in [-0.25, -0.2) is 0 Å². The highest BCUT2D eigenvalue weighted by atomic mass is 35.5. The Morgan fingerprint density at radius 2 is 2.08 bits per heavy atom. The average Bonchev–Trinajstić information content (AvgIpc) is 3.26. The van der Waals surface area contributed by atoms with Crippen LogP contribution in [0.15, 0.2) is 60.2 Å². The molecule has 0 unspecified atom stereocenters. The quantitative estimate of drug-likeness (QED) is 0.684. The van der Waals surface area contributed by atoms with Gasteiger partial charge in [0.1, 0.15) is 5.75 Å². The Morgan fingerprint density at radius 3 is 2.71 bits per heavy atom. The highest BCUT2D eigenvalue weighted by Crippen LogP contribution is 2.29. The van der Waals surface area contributed by atoms with E-state index in [0.29, 0.717) is 22.9 Å². The third-order valence-electron chi connectivity index (χ3n) is 3.67. The first-order valence-corrected chi connectivity index (χ1v) is 8.72. The number of rotatable bonds is 6. The van der Waals surface area contributed by atoms with E-state index in [2.05, 4.69) is 5.32 Å². The number of carbonyl (C=O) groups excluding carboxylic acids is 1. The fourth-order valence-electron chi connectivity index (χ4n) is 2.52. The summed E-state index contributed by atoms with van der Waals surface area (Å²) in [6.07, 6.45) is 4.29. The molecular formula is C18H17ClN2O2S. The Kier molecular flexibility index (Phi) is 5.23. The fraction of sp³-hybridized carbons (Fsp3) is 0.167. The number of thiophene rings is 1. The van der Waals surface area contributed by atoms with Gasteiger partial charge >= 0.3 is 0 Å². The standard InChI is InChI=1S/C18H17ClN2O2S/c1-23-16-7-6-13(11-14(16)19)20-18(22)12-15(17-5-4-10-24-17)21-8-2-3-9-21/h2-11,15H,12H2,1H3,(H,20,22)/t15-/m1/s1. The zero-order valence-corrected chi connectivity index (χ0v) is 14.7. The van der Waals surface area contributed by atoms with E-state index in [9.17, 15) is 4.79 Å². The summed E-state index contributed by atoms with van der Waals surface area (Å²) < 4.78 is 7.17. The van der Waals surface area contributed by atoms with E-state index in [1.807, 2.05) is 46.6 Å². The Bertz CT molecular complexity index is 766. The van der Waals surface area contributed by atoms with Gasteiger partial charge in [0.15, 0.2) is 0 Å². The zero-order chi connectivity index (χ0) is 16.9. The van der Waals surface area contributed by atoms with Crippen molar-refractivity contribution in [3.05, 3.63) is 70.1 Å². The number of hydrogen-bond acceptors (Lipinski definition) is 3. The van der Waals surface area contributed by atoms with Crippen LogP contribution in [0, 0.1) is 0 Å². The lowest BCUT2D eigenvalue weighted by atomic mass is 10.1. The number of ether oxygens (including phenoxy) is 1. The van der Waals surface area contributed by atoms with Gasteiger partial charge in [-0.05, 0) is 41.8 Å². The Balaban J connectivity index is 1.73. The summed E-state index contributed by atoms with van der Waals surface area (Å²) in [6.45, 7) is 0. The third kappa shape index (κ3) is 3.80. The van der Waals surface area contributed by atoms with Gasteiger partial charge in [0.05, 0.1) is 24.6 Å². The van der Waals surface area contributed by atoms with E-state index >= 15 is 0 Å². The van der Waals surface area contributed by atoms with Crippen molar-refractivity contribution in [3.63, 3.8) is 0 Å². The van der Waals surface area contributed by atoms with Crippen LogP contribution < -0.4 is 10.1 Å². The second-order valence-electron chi connectivity index (χ2n) is 5.26. The summed E-state index contributed by atoms with van der Waals surface area (Å²) in [4.78, 5) is 13.6. The number of amides is 1. The predicted octanol–water partition coefficient (Wildman–Crippen LogP) is 4.83. The molecule has 1 atom stereocenters. The van der Waals surface area contributed by atoms with Crippen molar-refractivity contribution in [1.29, 1.82) is 0 Å². The van der Waals surface area contributed by atoms with Crippen molar-refractivity contribution in [2.45, 2.75) is 12.5 Å². The second-order valence-corrected chi connectivity index (χ2v) is 6.65. The molecule has 3 rings (SSSR count). The molecule has 0 aliphatic carbocycles. The summed E-state index contributed by atoms with van der Waals surface area (Å²) in [5, 5.41) is 5.39. The van der Waals surface area contributed by atoms with E-state index in [1.165, 1.54) is 0 Å². The highest BCUT2D eigenvalue weighted by Gasteiger charge is 2.18. The fourth-order valence-corrected chi connectivity index (χ4v) is 3.61. The lowest BCUT2D eigenvalue weighted by molar-refractivity contribution is -0.116. The maximum Gasteiger partial charge on any atom is 0.226 e. The minimum absolute atomic E-state index is 0.0197. The van der Waals surface area contributed by atoms with Crippen molar-refractivity contribution < 1.29 is 9.53 Å². The van der Waals surface area contributed by atoms with Crippen LogP contribution in [-0.2, 0) is 4.79 Å². The van der Waals surface area contributed by atoms with Crippen LogP contribution in [0.1, 0.15) is 17.3 Å². The van der Waals surface area contributed by atoms with Gasteiger partial charge in [-0.1, -0.05) is 17.7 Å². The first-order valence-electron chi connectivity index (χ1n) is 7.46. The molecular weight excluding hydrogens is 344 g/mol. The number of hydrogen-bond donors (Lipinski definition) is 1. The van der Waals surface area contributed by atoms with Crippen LogP contribution in [0.3, 0.4) is 0 Å².